The van der Waals surface area contributed by atoms with E-state index in [0.717, 1.165) is 0 Å². The molecule has 0 saturated carbocycles. The fourth-order valence-electron chi connectivity index (χ4n) is 1.70. The topological polar surface area (TPSA) is 211 Å². The van der Waals surface area contributed by atoms with Gasteiger partial charge in [0.05, 0.1) is 6.54 Å². The summed E-state index contributed by atoms with van der Waals surface area (Å²) >= 11 is 0. The minimum Gasteiger partial charge on any atom is -0.480 e. The second-order valence-corrected chi connectivity index (χ2v) is 6.29. The van der Waals surface area contributed by atoms with Crippen molar-refractivity contribution in [2.75, 3.05) is 13.1 Å². The molecule has 3 atom stereocenters. The molecular weight excluding hydrogens is 358 g/mol. The number of hydrogen-bond acceptors (Lipinski definition) is 7. The van der Waals surface area contributed by atoms with E-state index in [9.17, 15) is 19.2 Å². The third-order valence-electron chi connectivity index (χ3n) is 3.52. The highest BCUT2D eigenvalue weighted by Gasteiger charge is 2.23. The Balaban J connectivity index is 0. The summed E-state index contributed by atoms with van der Waals surface area (Å²) in [5.41, 5.74) is 15.6. The van der Waals surface area contributed by atoms with E-state index in [-0.39, 0.29) is 12.5 Å². The van der Waals surface area contributed by atoms with Crippen LogP contribution in [0.1, 0.15) is 40.0 Å². The first kappa shape index (κ1) is 27.0. The fraction of sp³-hybridized carbons (Fsp3) is 0.750. The van der Waals surface area contributed by atoms with Gasteiger partial charge >= 0.3 is 11.9 Å². The van der Waals surface area contributed by atoms with Crippen molar-refractivity contribution in [1.29, 1.82) is 0 Å². The molecule has 0 aliphatic heterocycles. The predicted octanol–water partition coefficient (Wildman–Crippen LogP) is -1.80. The Labute approximate surface area is 159 Å². The van der Waals surface area contributed by atoms with Gasteiger partial charge in [0.15, 0.2) is 0 Å². The SMILES string of the molecule is CC(C)C(N)C(=O)O.CC(NC(=O)CN)C(=O)NC(CCCCN)C(=O)O. The van der Waals surface area contributed by atoms with Crippen molar-refractivity contribution >= 4 is 23.8 Å². The van der Waals surface area contributed by atoms with E-state index < -0.39 is 41.9 Å². The molecule has 27 heavy (non-hydrogen) atoms. The van der Waals surface area contributed by atoms with Gasteiger partial charge in [-0.25, -0.2) is 4.79 Å². The van der Waals surface area contributed by atoms with E-state index >= 15 is 0 Å². The molecule has 0 radical (unpaired) electrons. The monoisotopic (exact) mass is 391 g/mol. The second kappa shape index (κ2) is 14.9. The van der Waals surface area contributed by atoms with Crippen LogP contribution >= 0.6 is 0 Å². The van der Waals surface area contributed by atoms with Gasteiger partial charge in [0.25, 0.3) is 0 Å². The molecule has 0 bridgehead atoms. The number of nitrogens with one attached hydrogen (secondary N) is 2. The van der Waals surface area contributed by atoms with Gasteiger partial charge in [0.1, 0.15) is 18.1 Å². The third kappa shape index (κ3) is 13.6. The summed E-state index contributed by atoms with van der Waals surface area (Å²) in [6.07, 6.45) is 1.60. The Morgan fingerprint density at radius 3 is 1.81 bits per heavy atom. The van der Waals surface area contributed by atoms with Gasteiger partial charge in [0, 0.05) is 0 Å². The summed E-state index contributed by atoms with van der Waals surface area (Å²) in [5, 5.41) is 21.9. The molecule has 158 valence electrons. The van der Waals surface area contributed by atoms with Crippen molar-refractivity contribution in [3.63, 3.8) is 0 Å². The van der Waals surface area contributed by atoms with Crippen molar-refractivity contribution in [3.05, 3.63) is 0 Å². The number of carbonyl (C=O) groups excluding carboxylic acids is 2. The summed E-state index contributed by atoms with van der Waals surface area (Å²) < 4.78 is 0. The molecule has 2 amide bonds. The number of amides is 2. The maximum absolute atomic E-state index is 11.7. The average Bonchev–Trinajstić information content (AvgIpc) is 2.59. The van der Waals surface area contributed by atoms with Crippen LogP contribution in [-0.4, -0.2) is 65.2 Å². The molecular formula is C16H33N5O6. The summed E-state index contributed by atoms with van der Waals surface area (Å²) in [4.78, 5) is 43.7. The number of carboxylic acid groups (broad SMARTS) is 2. The fourth-order valence-corrected chi connectivity index (χ4v) is 1.70. The van der Waals surface area contributed by atoms with Crippen LogP contribution in [-0.2, 0) is 19.2 Å². The zero-order valence-corrected chi connectivity index (χ0v) is 16.1. The predicted molar refractivity (Wildman–Crippen MR) is 99.6 cm³/mol. The second-order valence-electron chi connectivity index (χ2n) is 6.29. The maximum atomic E-state index is 11.7. The molecule has 11 nitrogen and oxygen atoms in total. The molecule has 0 aromatic rings. The van der Waals surface area contributed by atoms with Crippen molar-refractivity contribution in [3.8, 4) is 0 Å². The Morgan fingerprint density at radius 2 is 1.48 bits per heavy atom. The highest BCUT2D eigenvalue weighted by atomic mass is 16.4. The number of unbranched alkanes of at least 4 members (excludes halogenated alkanes) is 1. The third-order valence-corrected chi connectivity index (χ3v) is 3.52. The zero-order valence-electron chi connectivity index (χ0n) is 16.1. The number of hydrogen-bond donors (Lipinski definition) is 7. The molecule has 0 heterocycles. The van der Waals surface area contributed by atoms with Crippen LogP contribution in [0.15, 0.2) is 0 Å². The lowest BCUT2D eigenvalue weighted by Gasteiger charge is -2.18. The van der Waals surface area contributed by atoms with E-state index in [1.807, 2.05) is 0 Å². The van der Waals surface area contributed by atoms with Gasteiger partial charge < -0.3 is 38.0 Å². The van der Waals surface area contributed by atoms with Gasteiger partial charge in [-0.1, -0.05) is 13.8 Å². The highest BCUT2D eigenvalue weighted by molar-refractivity contribution is 5.90. The van der Waals surface area contributed by atoms with Gasteiger partial charge in [0.2, 0.25) is 11.8 Å². The van der Waals surface area contributed by atoms with E-state index in [1.165, 1.54) is 6.92 Å². The van der Waals surface area contributed by atoms with Crippen LogP contribution in [0.5, 0.6) is 0 Å². The Kier molecular flexibility index (Phi) is 14.9. The number of aliphatic carboxylic acids is 2. The van der Waals surface area contributed by atoms with Crippen LogP contribution in [0, 0.1) is 5.92 Å². The average molecular weight is 391 g/mol. The van der Waals surface area contributed by atoms with E-state index in [4.69, 9.17) is 27.4 Å². The van der Waals surface area contributed by atoms with Gasteiger partial charge in [-0.05, 0) is 38.6 Å². The van der Waals surface area contributed by atoms with Crippen molar-refractivity contribution in [2.45, 2.75) is 58.2 Å². The molecule has 0 rings (SSSR count). The van der Waals surface area contributed by atoms with Gasteiger partial charge in [-0.3, -0.25) is 14.4 Å². The normalized spacial score (nSPS) is 13.6. The van der Waals surface area contributed by atoms with Crippen molar-refractivity contribution < 1.29 is 29.4 Å². The lowest BCUT2D eigenvalue weighted by atomic mass is 10.1. The van der Waals surface area contributed by atoms with Crippen LogP contribution in [0.4, 0.5) is 0 Å². The summed E-state index contributed by atoms with van der Waals surface area (Å²) in [5.74, 6) is -3.05. The van der Waals surface area contributed by atoms with Crippen molar-refractivity contribution in [1.82, 2.24) is 10.6 Å². The molecule has 3 unspecified atom stereocenters. The quantitative estimate of drug-likeness (QED) is 0.198. The number of rotatable bonds is 11. The van der Waals surface area contributed by atoms with Crippen LogP contribution in [0.3, 0.4) is 0 Å². The smallest absolute Gasteiger partial charge is 0.326 e. The summed E-state index contributed by atoms with van der Waals surface area (Å²) in [7, 11) is 0. The van der Waals surface area contributed by atoms with Crippen LogP contribution in [0.2, 0.25) is 0 Å². The maximum Gasteiger partial charge on any atom is 0.326 e. The van der Waals surface area contributed by atoms with Crippen LogP contribution < -0.4 is 27.8 Å². The first-order valence-corrected chi connectivity index (χ1v) is 8.68. The van der Waals surface area contributed by atoms with E-state index in [2.05, 4.69) is 10.6 Å². The minimum atomic E-state index is -1.11. The Morgan fingerprint density at radius 1 is 0.926 bits per heavy atom. The zero-order chi connectivity index (χ0) is 21.6. The molecule has 0 aliphatic carbocycles. The first-order chi connectivity index (χ1) is 12.5. The molecule has 0 spiro atoms. The number of nitrogens with two attached hydrogens (primary N) is 3. The van der Waals surface area contributed by atoms with Crippen molar-refractivity contribution in [2.24, 2.45) is 23.1 Å². The molecule has 0 aromatic carbocycles. The molecule has 11 heteroatoms. The lowest BCUT2D eigenvalue weighted by molar-refractivity contribution is -0.142. The molecule has 0 fully saturated rings. The van der Waals surface area contributed by atoms with E-state index in [0.29, 0.717) is 25.8 Å². The molecule has 0 aromatic heterocycles. The molecule has 0 saturated heterocycles. The summed E-state index contributed by atoms with van der Waals surface area (Å²) in [6.45, 7) is 5.26. The largest absolute Gasteiger partial charge is 0.480 e. The molecule has 10 N–H and O–H groups in total. The van der Waals surface area contributed by atoms with Gasteiger partial charge in [-0.2, -0.15) is 0 Å². The Hall–Kier alpha value is -2.24. The summed E-state index contributed by atoms with van der Waals surface area (Å²) in [6, 6.07) is -2.52. The highest BCUT2D eigenvalue weighted by Crippen LogP contribution is 2.01. The Bertz CT molecular complexity index is 486. The van der Waals surface area contributed by atoms with Gasteiger partial charge in [-0.15, -0.1) is 0 Å². The van der Waals surface area contributed by atoms with Crippen LogP contribution in [0.25, 0.3) is 0 Å². The minimum absolute atomic E-state index is 0.0208. The first-order valence-electron chi connectivity index (χ1n) is 8.68. The standard InChI is InChI=1S/C11H22N4O4.C5H11NO2/c1-7(14-9(16)6-13)10(17)15-8(11(18)19)4-2-3-5-12;1-3(2)4(6)5(7)8/h7-8H,2-6,12-13H2,1H3,(H,14,16)(H,15,17)(H,18,19);3-4H,6H2,1-2H3,(H,7,8). The lowest BCUT2D eigenvalue weighted by Crippen LogP contribution is -2.51. The van der Waals surface area contributed by atoms with E-state index in [1.54, 1.807) is 13.8 Å². The number of carbonyl (C=O) groups is 4. The molecule has 0 aliphatic rings. The number of carboxylic acids is 2.